The van der Waals surface area contributed by atoms with Crippen molar-refractivity contribution < 1.29 is 14.8 Å². The zero-order valence-corrected chi connectivity index (χ0v) is 11.2. The van der Waals surface area contributed by atoms with Gasteiger partial charge in [-0.1, -0.05) is 25.3 Å². The van der Waals surface area contributed by atoms with Crippen LogP contribution in [0.5, 0.6) is 0 Å². The van der Waals surface area contributed by atoms with E-state index in [2.05, 4.69) is 5.32 Å². The van der Waals surface area contributed by atoms with E-state index in [1.807, 2.05) is 0 Å². The van der Waals surface area contributed by atoms with Crippen molar-refractivity contribution >= 4 is 11.6 Å². The first-order valence-electron chi connectivity index (χ1n) is 6.75. The molecule has 0 bridgehead atoms. The van der Waals surface area contributed by atoms with Crippen molar-refractivity contribution in [3.8, 4) is 0 Å². The number of hydrogen-bond acceptors (Lipinski definition) is 4. The van der Waals surface area contributed by atoms with E-state index in [9.17, 15) is 20.0 Å². The van der Waals surface area contributed by atoms with Gasteiger partial charge in [-0.25, -0.2) is 0 Å². The van der Waals surface area contributed by atoms with Crippen molar-refractivity contribution in [2.75, 3.05) is 6.54 Å². The molecule has 108 valence electrons. The van der Waals surface area contributed by atoms with E-state index in [1.54, 1.807) is 0 Å². The van der Waals surface area contributed by atoms with Crippen LogP contribution in [0.1, 0.15) is 42.5 Å². The molecule has 1 aromatic rings. The zero-order chi connectivity index (χ0) is 14.6. The van der Waals surface area contributed by atoms with Crippen LogP contribution in [0.2, 0.25) is 0 Å². The molecule has 0 radical (unpaired) electrons. The largest absolute Gasteiger partial charge is 0.388 e. The Balaban J connectivity index is 1.98. The number of rotatable bonds is 4. The zero-order valence-electron chi connectivity index (χ0n) is 11.2. The van der Waals surface area contributed by atoms with Gasteiger partial charge in [-0.3, -0.25) is 14.9 Å². The van der Waals surface area contributed by atoms with Gasteiger partial charge in [-0.05, 0) is 18.9 Å². The molecule has 0 saturated heterocycles. The van der Waals surface area contributed by atoms with E-state index in [-0.39, 0.29) is 17.8 Å². The maximum Gasteiger partial charge on any atom is 0.270 e. The van der Waals surface area contributed by atoms with Crippen LogP contribution in [0, 0.1) is 10.1 Å². The summed E-state index contributed by atoms with van der Waals surface area (Å²) in [7, 11) is 0. The fraction of sp³-hybridized carbons (Fsp3) is 0.500. The quantitative estimate of drug-likeness (QED) is 0.651. The molecule has 2 rings (SSSR count). The smallest absolute Gasteiger partial charge is 0.270 e. The summed E-state index contributed by atoms with van der Waals surface area (Å²) in [4.78, 5) is 22.1. The lowest BCUT2D eigenvalue weighted by Crippen LogP contribution is -2.44. The van der Waals surface area contributed by atoms with Gasteiger partial charge < -0.3 is 10.4 Å². The molecule has 0 unspecified atom stereocenters. The minimum absolute atomic E-state index is 0.117. The average Bonchev–Trinajstić information content (AvgIpc) is 2.46. The van der Waals surface area contributed by atoms with Crippen molar-refractivity contribution in [1.82, 2.24) is 5.32 Å². The summed E-state index contributed by atoms with van der Waals surface area (Å²) in [5.74, 6) is -0.396. The lowest BCUT2D eigenvalue weighted by atomic mass is 9.85. The summed E-state index contributed by atoms with van der Waals surface area (Å²) in [6.45, 7) is 0.189. The number of nitrogens with one attached hydrogen (secondary N) is 1. The minimum Gasteiger partial charge on any atom is -0.388 e. The highest BCUT2D eigenvalue weighted by Gasteiger charge is 2.29. The van der Waals surface area contributed by atoms with Gasteiger partial charge in [-0.15, -0.1) is 0 Å². The summed E-state index contributed by atoms with van der Waals surface area (Å²) in [6.07, 6.45) is 4.40. The highest BCUT2D eigenvalue weighted by atomic mass is 16.6. The van der Waals surface area contributed by atoms with Gasteiger partial charge in [0.2, 0.25) is 0 Å². The van der Waals surface area contributed by atoms with Crippen molar-refractivity contribution in [1.29, 1.82) is 0 Å². The van der Waals surface area contributed by atoms with E-state index in [4.69, 9.17) is 0 Å². The summed E-state index contributed by atoms with van der Waals surface area (Å²) >= 11 is 0. The number of nitrogens with zero attached hydrogens (tertiary/aromatic N) is 1. The van der Waals surface area contributed by atoms with Crippen LogP contribution >= 0.6 is 0 Å². The van der Waals surface area contributed by atoms with Gasteiger partial charge in [0.05, 0.1) is 10.5 Å². The molecule has 0 spiro atoms. The fourth-order valence-electron chi connectivity index (χ4n) is 2.49. The molecular weight excluding hydrogens is 260 g/mol. The Kier molecular flexibility index (Phi) is 4.34. The molecule has 1 aliphatic rings. The van der Waals surface area contributed by atoms with Gasteiger partial charge in [0, 0.05) is 24.2 Å². The molecule has 0 atom stereocenters. The number of carbonyl (C=O) groups is 1. The molecule has 1 saturated carbocycles. The Labute approximate surface area is 117 Å². The van der Waals surface area contributed by atoms with Gasteiger partial charge in [0.25, 0.3) is 11.6 Å². The molecule has 1 aliphatic carbocycles. The number of nitro benzene ring substituents is 1. The lowest BCUT2D eigenvalue weighted by molar-refractivity contribution is -0.384. The van der Waals surface area contributed by atoms with Gasteiger partial charge in [0.1, 0.15) is 0 Å². The first kappa shape index (κ1) is 14.5. The van der Waals surface area contributed by atoms with Crippen molar-refractivity contribution in [3.63, 3.8) is 0 Å². The third kappa shape index (κ3) is 3.54. The van der Waals surface area contributed by atoms with Crippen LogP contribution in [0.25, 0.3) is 0 Å². The normalized spacial score (nSPS) is 17.4. The third-order valence-electron chi connectivity index (χ3n) is 3.68. The lowest BCUT2D eigenvalue weighted by Gasteiger charge is -2.32. The van der Waals surface area contributed by atoms with Crippen molar-refractivity contribution in [2.24, 2.45) is 0 Å². The van der Waals surface area contributed by atoms with Crippen molar-refractivity contribution in [3.05, 3.63) is 39.9 Å². The molecule has 0 aliphatic heterocycles. The van der Waals surface area contributed by atoms with E-state index in [0.29, 0.717) is 12.8 Å². The second kappa shape index (κ2) is 6.00. The van der Waals surface area contributed by atoms with E-state index in [1.165, 1.54) is 24.3 Å². The number of amides is 1. The Bertz CT molecular complexity index is 510. The summed E-state index contributed by atoms with van der Waals surface area (Å²) in [6, 6.07) is 5.57. The van der Waals surface area contributed by atoms with Crippen LogP contribution < -0.4 is 5.32 Å². The molecule has 6 heteroatoms. The summed E-state index contributed by atoms with van der Waals surface area (Å²) < 4.78 is 0. The summed E-state index contributed by atoms with van der Waals surface area (Å²) in [5.41, 5.74) is -0.720. The first-order valence-corrected chi connectivity index (χ1v) is 6.75. The number of nitro groups is 1. The monoisotopic (exact) mass is 278 g/mol. The molecule has 2 N–H and O–H groups in total. The van der Waals surface area contributed by atoms with Crippen LogP contribution in [0.15, 0.2) is 24.3 Å². The van der Waals surface area contributed by atoms with E-state index in [0.717, 1.165) is 19.3 Å². The van der Waals surface area contributed by atoms with E-state index >= 15 is 0 Å². The highest BCUT2D eigenvalue weighted by molar-refractivity contribution is 5.94. The second-order valence-electron chi connectivity index (χ2n) is 5.28. The molecule has 1 amide bonds. The molecule has 1 fully saturated rings. The van der Waals surface area contributed by atoms with Crippen LogP contribution in [-0.2, 0) is 0 Å². The molecule has 20 heavy (non-hydrogen) atoms. The van der Waals surface area contributed by atoms with Crippen LogP contribution in [0.4, 0.5) is 5.69 Å². The van der Waals surface area contributed by atoms with Crippen molar-refractivity contribution in [2.45, 2.75) is 37.7 Å². The van der Waals surface area contributed by atoms with Gasteiger partial charge in [-0.2, -0.15) is 0 Å². The molecule has 0 heterocycles. The number of hydrogen-bond donors (Lipinski definition) is 2. The molecule has 0 aromatic heterocycles. The Morgan fingerprint density at radius 3 is 2.70 bits per heavy atom. The number of benzene rings is 1. The SMILES string of the molecule is O=C(NCC1(O)CCCCC1)c1cccc([N+](=O)[O-])c1. The predicted octanol–water partition coefficient (Wildman–Crippen LogP) is 2.02. The predicted molar refractivity (Wildman–Crippen MR) is 73.5 cm³/mol. The Hall–Kier alpha value is -1.95. The van der Waals surface area contributed by atoms with Gasteiger partial charge in [0.15, 0.2) is 0 Å². The second-order valence-corrected chi connectivity index (χ2v) is 5.28. The number of carbonyl (C=O) groups excluding carboxylic acids is 1. The maximum atomic E-state index is 12.0. The summed E-state index contributed by atoms with van der Waals surface area (Å²) in [5, 5.41) is 23.6. The number of aliphatic hydroxyl groups is 1. The Morgan fingerprint density at radius 2 is 2.05 bits per heavy atom. The molecule has 1 aromatic carbocycles. The number of non-ortho nitro benzene ring substituents is 1. The fourth-order valence-corrected chi connectivity index (χ4v) is 2.49. The molecular formula is C14H18N2O4. The van der Waals surface area contributed by atoms with Crippen LogP contribution in [-0.4, -0.2) is 28.1 Å². The topological polar surface area (TPSA) is 92.5 Å². The Morgan fingerprint density at radius 1 is 1.35 bits per heavy atom. The van der Waals surface area contributed by atoms with Crippen LogP contribution in [0.3, 0.4) is 0 Å². The first-order chi connectivity index (χ1) is 9.50. The minimum atomic E-state index is -0.839. The standard InChI is InChI=1S/C14H18N2O4/c17-13(11-5-4-6-12(9-11)16(19)20)15-10-14(18)7-2-1-3-8-14/h4-6,9,18H,1-3,7-8,10H2,(H,15,17). The third-order valence-corrected chi connectivity index (χ3v) is 3.68. The highest BCUT2D eigenvalue weighted by Crippen LogP contribution is 2.27. The molecule has 6 nitrogen and oxygen atoms in total. The van der Waals surface area contributed by atoms with E-state index < -0.39 is 16.4 Å². The average molecular weight is 278 g/mol. The maximum absolute atomic E-state index is 12.0. The van der Waals surface area contributed by atoms with Gasteiger partial charge >= 0.3 is 0 Å².